The van der Waals surface area contributed by atoms with Crippen LogP contribution in [0.1, 0.15) is 17.2 Å². The van der Waals surface area contributed by atoms with Crippen molar-refractivity contribution in [3.05, 3.63) is 58.6 Å². The molecule has 2 rings (SSSR count). The van der Waals surface area contributed by atoms with Crippen LogP contribution in [0.15, 0.2) is 42.5 Å². The van der Waals surface area contributed by atoms with Gasteiger partial charge in [-0.1, -0.05) is 29.8 Å². The lowest BCUT2D eigenvalue weighted by Crippen LogP contribution is -2.12. The monoisotopic (exact) mass is 291 g/mol. The summed E-state index contributed by atoms with van der Waals surface area (Å²) in [5.41, 5.74) is 2.78. The van der Waals surface area contributed by atoms with Gasteiger partial charge in [0.1, 0.15) is 5.75 Å². The Balaban J connectivity index is 1.96. The lowest BCUT2D eigenvalue weighted by Gasteiger charge is -2.14. The molecule has 3 nitrogen and oxygen atoms in total. The molecule has 0 saturated carbocycles. The summed E-state index contributed by atoms with van der Waals surface area (Å²) in [6.45, 7) is 2.38. The van der Waals surface area contributed by atoms with E-state index in [1.54, 1.807) is 7.11 Å². The Morgan fingerprint density at radius 3 is 2.50 bits per heavy atom. The molecule has 20 heavy (non-hydrogen) atoms. The van der Waals surface area contributed by atoms with Crippen molar-refractivity contribution in [2.45, 2.75) is 13.0 Å². The summed E-state index contributed by atoms with van der Waals surface area (Å²) in [5, 5.41) is 14.0. The Bertz CT molecular complexity index is 569. The summed E-state index contributed by atoms with van der Waals surface area (Å²) < 4.78 is 5.09. The maximum Gasteiger partial charge on any atom is 0.118 e. The van der Waals surface area contributed by atoms with Crippen molar-refractivity contribution in [3.8, 4) is 5.75 Å². The highest BCUT2D eigenvalue weighted by Crippen LogP contribution is 2.22. The molecule has 2 aromatic rings. The number of halogens is 1. The molecule has 1 unspecified atom stereocenters. The van der Waals surface area contributed by atoms with Crippen molar-refractivity contribution < 1.29 is 9.84 Å². The number of benzene rings is 2. The lowest BCUT2D eigenvalue weighted by molar-refractivity contribution is 0.191. The molecule has 0 saturated heterocycles. The third-order valence-electron chi connectivity index (χ3n) is 3.17. The van der Waals surface area contributed by atoms with Gasteiger partial charge >= 0.3 is 0 Å². The first-order chi connectivity index (χ1) is 9.60. The van der Waals surface area contributed by atoms with Gasteiger partial charge in [-0.05, 0) is 42.3 Å². The van der Waals surface area contributed by atoms with Crippen LogP contribution in [0.2, 0.25) is 5.02 Å². The second-order valence-electron chi connectivity index (χ2n) is 4.63. The molecule has 0 aliphatic heterocycles. The van der Waals surface area contributed by atoms with Crippen molar-refractivity contribution in [1.29, 1.82) is 0 Å². The van der Waals surface area contributed by atoms with E-state index in [4.69, 9.17) is 16.3 Å². The number of ether oxygens (including phenoxy) is 1. The second kappa shape index (κ2) is 6.64. The zero-order valence-electron chi connectivity index (χ0n) is 11.6. The normalized spacial score (nSPS) is 12.0. The van der Waals surface area contributed by atoms with E-state index in [-0.39, 0.29) is 0 Å². The molecular formula is C16H18ClNO2. The minimum Gasteiger partial charge on any atom is -0.497 e. The Hall–Kier alpha value is -1.71. The third kappa shape index (κ3) is 3.65. The zero-order chi connectivity index (χ0) is 14.5. The first-order valence-corrected chi connectivity index (χ1v) is 6.80. The summed E-state index contributed by atoms with van der Waals surface area (Å²) in [6, 6.07) is 13.1. The van der Waals surface area contributed by atoms with Crippen LogP contribution in [0.5, 0.6) is 5.75 Å². The lowest BCUT2D eigenvalue weighted by atomic mass is 10.1. The van der Waals surface area contributed by atoms with Gasteiger partial charge < -0.3 is 15.2 Å². The fraction of sp³-hybridized carbons (Fsp3) is 0.250. The zero-order valence-corrected chi connectivity index (χ0v) is 12.3. The Labute approximate surface area is 124 Å². The fourth-order valence-electron chi connectivity index (χ4n) is 1.86. The highest BCUT2D eigenvalue weighted by atomic mass is 35.5. The van der Waals surface area contributed by atoms with Crippen molar-refractivity contribution >= 4 is 17.3 Å². The van der Waals surface area contributed by atoms with Crippen LogP contribution < -0.4 is 10.1 Å². The number of nitrogens with one attached hydrogen (secondary N) is 1. The van der Waals surface area contributed by atoms with Crippen LogP contribution in [0.25, 0.3) is 0 Å². The van der Waals surface area contributed by atoms with Gasteiger partial charge in [-0.3, -0.25) is 0 Å². The minimum absolute atomic E-state index is 0.422. The van der Waals surface area contributed by atoms with Crippen LogP contribution in [-0.2, 0) is 0 Å². The van der Waals surface area contributed by atoms with E-state index in [1.165, 1.54) is 0 Å². The summed E-state index contributed by atoms with van der Waals surface area (Å²) >= 11 is 6.06. The predicted octanol–water partition coefficient (Wildman–Crippen LogP) is 3.80. The average Bonchev–Trinajstić information content (AvgIpc) is 2.48. The van der Waals surface area contributed by atoms with Crippen molar-refractivity contribution in [1.82, 2.24) is 0 Å². The standard InChI is InChI=1S/C16H18ClNO2/c1-11-3-6-13(9-15(11)17)18-10-16(19)12-4-7-14(20-2)8-5-12/h3-9,16,18-19H,10H2,1-2H3. The molecule has 0 aliphatic rings. The quantitative estimate of drug-likeness (QED) is 0.880. The number of anilines is 1. The second-order valence-corrected chi connectivity index (χ2v) is 5.04. The largest absolute Gasteiger partial charge is 0.497 e. The molecule has 106 valence electrons. The summed E-state index contributed by atoms with van der Waals surface area (Å²) in [7, 11) is 1.62. The molecule has 0 aromatic heterocycles. The number of hydrogen-bond acceptors (Lipinski definition) is 3. The molecular weight excluding hydrogens is 274 g/mol. The van der Waals surface area contributed by atoms with E-state index in [0.717, 1.165) is 22.6 Å². The van der Waals surface area contributed by atoms with E-state index >= 15 is 0 Å². The molecule has 0 spiro atoms. The Kier molecular flexibility index (Phi) is 4.88. The van der Waals surface area contributed by atoms with Gasteiger partial charge in [0.25, 0.3) is 0 Å². The summed E-state index contributed by atoms with van der Waals surface area (Å²) in [6.07, 6.45) is -0.582. The van der Waals surface area contributed by atoms with Gasteiger partial charge in [0.05, 0.1) is 13.2 Å². The highest BCUT2D eigenvalue weighted by Gasteiger charge is 2.07. The Morgan fingerprint density at radius 2 is 1.90 bits per heavy atom. The molecule has 0 radical (unpaired) electrons. The van der Waals surface area contributed by atoms with Crippen molar-refractivity contribution in [2.24, 2.45) is 0 Å². The summed E-state index contributed by atoms with van der Waals surface area (Å²) in [4.78, 5) is 0. The predicted molar refractivity (Wildman–Crippen MR) is 82.6 cm³/mol. The molecule has 2 aromatic carbocycles. The van der Waals surface area contributed by atoms with Gasteiger partial charge in [0, 0.05) is 17.3 Å². The van der Waals surface area contributed by atoms with Gasteiger partial charge in [-0.2, -0.15) is 0 Å². The van der Waals surface area contributed by atoms with Crippen LogP contribution in [0.4, 0.5) is 5.69 Å². The Morgan fingerprint density at radius 1 is 1.20 bits per heavy atom. The van der Waals surface area contributed by atoms with Crippen LogP contribution in [-0.4, -0.2) is 18.8 Å². The van der Waals surface area contributed by atoms with Crippen molar-refractivity contribution in [2.75, 3.05) is 19.0 Å². The van der Waals surface area contributed by atoms with Gasteiger partial charge in [-0.15, -0.1) is 0 Å². The van der Waals surface area contributed by atoms with Gasteiger partial charge in [-0.25, -0.2) is 0 Å². The third-order valence-corrected chi connectivity index (χ3v) is 3.58. The maximum atomic E-state index is 10.1. The molecule has 0 heterocycles. The molecule has 0 amide bonds. The molecule has 0 aliphatic carbocycles. The maximum absolute atomic E-state index is 10.1. The minimum atomic E-state index is -0.582. The van der Waals surface area contributed by atoms with Crippen LogP contribution in [0, 0.1) is 6.92 Å². The van der Waals surface area contributed by atoms with E-state index in [2.05, 4.69) is 5.32 Å². The molecule has 0 bridgehead atoms. The van der Waals surface area contributed by atoms with Crippen LogP contribution in [0.3, 0.4) is 0 Å². The number of rotatable bonds is 5. The average molecular weight is 292 g/mol. The fourth-order valence-corrected chi connectivity index (χ4v) is 2.04. The number of aliphatic hydroxyl groups is 1. The first kappa shape index (κ1) is 14.7. The molecule has 1 atom stereocenters. The molecule has 4 heteroatoms. The van der Waals surface area contributed by atoms with E-state index in [0.29, 0.717) is 11.6 Å². The summed E-state index contributed by atoms with van der Waals surface area (Å²) in [5.74, 6) is 0.777. The van der Waals surface area contributed by atoms with Gasteiger partial charge in [0.2, 0.25) is 0 Å². The van der Waals surface area contributed by atoms with Gasteiger partial charge in [0.15, 0.2) is 0 Å². The highest BCUT2D eigenvalue weighted by molar-refractivity contribution is 6.31. The first-order valence-electron chi connectivity index (χ1n) is 6.42. The number of aryl methyl sites for hydroxylation is 1. The van der Waals surface area contributed by atoms with E-state index in [9.17, 15) is 5.11 Å². The van der Waals surface area contributed by atoms with E-state index in [1.807, 2.05) is 49.4 Å². The SMILES string of the molecule is COc1ccc(C(O)CNc2ccc(C)c(Cl)c2)cc1. The van der Waals surface area contributed by atoms with E-state index < -0.39 is 6.10 Å². The molecule has 2 N–H and O–H groups in total. The smallest absolute Gasteiger partial charge is 0.118 e. The number of aliphatic hydroxyl groups excluding tert-OH is 1. The number of methoxy groups -OCH3 is 1. The topological polar surface area (TPSA) is 41.5 Å². The van der Waals surface area contributed by atoms with Crippen LogP contribution >= 0.6 is 11.6 Å². The molecule has 0 fully saturated rings. The van der Waals surface area contributed by atoms with Crippen molar-refractivity contribution in [3.63, 3.8) is 0 Å². The number of hydrogen-bond donors (Lipinski definition) is 2.